The third-order valence-corrected chi connectivity index (χ3v) is 13.1. The van der Waals surface area contributed by atoms with Crippen molar-refractivity contribution in [2.75, 3.05) is 30.9 Å². The molecule has 7 aromatic rings. The second kappa shape index (κ2) is 22.8. The minimum atomic E-state index is -0.839. The quantitative estimate of drug-likeness (QED) is 0.0657. The Bertz CT molecular complexity index is 2860. The Kier molecular flexibility index (Phi) is 16.3. The van der Waals surface area contributed by atoms with Crippen LogP contribution in [0.3, 0.4) is 0 Å². The van der Waals surface area contributed by atoms with E-state index in [9.17, 15) is 9.59 Å². The zero-order chi connectivity index (χ0) is 47.3. The van der Waals surface area contributed by atoms with E-state index in [0.29, 0.717) is 55.4 Å². The lowest BCUT2D eigenvalue weighted by molar-refractivity contribution is 0.0701. The average molecular weight is 941 g/mol. The molecule has 19 heteroatoms. The van der Waals surface area contributed by atoms with Crippen LogP contribution in [-0.4, -0.2) is 73.2 Å². The van der Waals surface area contributed by atoms with E-state index in [1.165, 1.54) is 27.3 Å². The number of hydrogen-bond donors (Lipinski definition) is 6. The Morgan fingerprint density at radius 1 is 0.851 bits per heavy atom. The molecule has 0 fully saturated rings. The molecular formula is C48H52N12O5S2. The highest BCUT2D eigenvalue weighted by Gasteiger charge is 2.19. The molecule has 1 amide bonds. The molecule has 7 heterocycles. The van der Waals surface area contributed by atoms with E-state index >= 15 is 0 Å². The zero-order valence-corrected chi connectivity index (χ0v) is 39.2. The maximum absolute atomic E-state index is 12.7. The number of thiophene rings is 2. The van der Waals surface area contributed by atoms with Crippen LogP contribution >= 0.6 is 22.7 Å². The number of benzene rings is 2. The number of carboxylic acids is 1. The van der Waals surface area contributed by atoms with E-state index in [-0.39, 0.29) is 5.91 Å². The Labute approximate surface area is 396 Å². The molecule has 0 bridgehead atoms. The fourth-order valence-electron chi connectivity index (χ4n) is 7.07. The van der Waals surface area contributed by atoms with Crippen LogP contribution in [0, 0.1) is 13.8 Å². The Morgan fingerprint density at radius 2 is 1.45 bits per heavy atom. The van der Waals surface area contributed by atoms with Crippen LogP contribution in [0.2, 0.25) is 0 Å². The second-order valence-corrected chi connectivity index (χ2v) is 17.7. The molecule has 17 nitrogen and oxygen atoms in total. The van der Waals surface area contributed by atoms with Crippen molar-refractivity contribution in [2.45, 2.75) is 53.0 Å². The molecule has 0 atom stereocenters. The summed E-state index contributed by atoms with van der Waals surface area (Å²) in [5, 5.41) is 22.1. The standard InChI is InChI=1S/C24H24N6O2S.C16H20N6.C8H8O3S/c1-15-9-16(20-5-7-25-24(29-20)28-19-12-27-30(2)13-19)3-4-17(15)11-26-23(31)22-10-18-14-32-8-6-21(18)33-22;1-11-7-12(3-4-13(11)8-17)15-5-6-20-16(22-15)21-14(9-18)10-19-2;9-8(10)7-3-5-4-11-2-1-6(5)12-7/h3-5,7,9-10,12-13H,6,8,11,14H2,1-2H3,(H,26,31)(H,25,28,29);3-7,9-10H,8,17-18H2,1-2H3,(H,20,21,22);3H,1-2,4H2,(H,9,10). The topological polar surface area (TPSA) is 243 Å². The number of carboxylic acid groups (broad SMARTS) is 1. The highest BCUT2D eigenvalue weighted by atomic mass is 32.1. The van der Waals surface area contributed by atoms with Crippen LogP contribution in [0.15, 0.2) is 102 Å². The van der Waals surface area contributed by atoms with Gasteiger partial charge in [-0.05, 0) is 83.6 Å². The number of aromatic nitrogens is 6. The van der Waals surface area contributed by atoms with Gasteiger partial charge in [0.05, 0.1) is 60.3 Å². The van der Waals surface area contributed by atoms with Crippen molar-refractivity contribution in [3.63, 3.8) is 0 Å². The molecule has 9 rings (SSSR count). The molecule has 0 unspecified atom stereocenters. The van der Waals surface area contributed by atoms with E-state index in [2.05, 4.69) is 58.1 Å². The van der Waals surface area contributed by atoms with Crippen molar-refractivity contribution in [1.29, 1.82) is 0 Å². The highest BCUT2D eigenvalue weighted by molar-refractivity contribution is 7.14. The number of fused-ring (bicyclic) bond motifs is 2. The first-order chi connectivity index (χ1) is 32.5. The number of amides is 1. The van der Waals surface area contributed by atoms with Crippen LogP contribution in [0.5, 0.6) is 0 Å². The summed E-state index contributed by atoms with van der Waals surface area (Å²) < 4.78 is 12.4. The number of nitrogens with two attached hydrogens (primary N) is 2. The van der Waals surface area contributed by atoms with Crippen molar-refractivity contribution in [3.05, 3.63) is 150 Å². The van der Waals surface area contributed by atoms with Gasteiger partial charge in [-0.2, -0.15) is 5.10 Å². The van der Waals surface area contributed by atoms with E-state index in [1.807, 2.05) is 69.6 Å². The molecule has 0 radical (unpaired) electrons. The number of carbonyl (C=O) groups excluding carboxylic acids is 1. The summed E-state index contributed by atoms with van der Waals surface area (Å²) >= 11 is 2.93. The summed E-state index contributed by atoms with van der Waals surface area (Å²) in [6.45, 7) is 7.70. The fourth-order valence-corrected chi connectivity index (χ4v) is 9.13. The molecule has 0 saturated carbocycles. The number of hydrogen-bond acceptors (Lipinski definition) is 16. The molecule has 0 aliphatic carbocycles. The zero-order valence-electron chi connectivity index (χ0n) is 37.6. The van der Waals surface area contributed by atoms with Gasteiger partial charge in [-0.25, -0.2) is 24.7 Å². The maximum atomic E-state index is 12.7. The van der Waals surface area contributed by atoms with E-state index in [4.69, 9.17) is 26.0 Å². The minimum Gasteiger partial charge on any atom is -0.477 e. The summed E-state index contributed by atoms with van der Waals surface area (Å²) in [4.78, 5) is 48.4. The predicted molar refractivity (Wildman–Crippen MR) is 263 cm³/mol. The van der Waals surface area contributed by atoms with Crippen molar-refractivity contribution in [1.82, 2.24) is 35.0 Å². The van der Waals surface area contributed by atoms with E-state index in [1.54, 1.807) is 53.9 Å². The molecule has 2 aromatic carbocycles. The monoisotopic (exact) mass is 940 g/mol. The van der Waals surface area contributed by atoms with E-state index < -0.39 is 5.97 Å². The smallest absolute Gasteiger partial charge is 0.345 e. The first-order valence-corrected chi connectivity index (χ1v) is 23.0. The maximum Gasteiger partial charge on any atom is 0.345 e. The van der Waals surface area contributed by atoms with Gasteiger partial charge in [0.15, 0.2) is 0 Å². The third kappa shape index (κ3) is 12.8. The number of nitrogens with zero attached hydrogens (tertiary/aromatic N) is 7. The summed E-state index contributed by atoms with van der Waals surface area (Å²) in [7, 11) is 3.53. The van der Waals surface area contributed by atoms with Crippen molar-refractivity contribution < 1.29 is 24.2 Å². The number of ether oxygens (including phenoxy) is 2. The first-order valence-electron chi connectivity index (χ1n) is 21.3. The molecule has 8 N–H and O–H groups in total. The van der Waals surface area contributed by atoms with Gasteiger partial charge in [-0.1, -0.05) is 24.3 Å². The number of aryl methyl sites for hydroxylation is 3. The molecule has 5 aromatic heterocycles. The number of allylic oxidation sites excluding steroid dienone is 1. The first kappa shape index (κ1) is 47.8. The summed E-state index contributed by atoms with van der Waals surface area (Å²) in [6.07, 6.45) is 11.8. The van der Waals surface area contributed by atoms with Gasteiger partial charge in [0.1, 0.15) is 4.88 Å². The van der Waals surface area contributed by atoms with Crippen LogP contribution in [0.1, 0.15) is 62.5 Å². The summed E-state index contributed by atoms with van der Waals surface area (Å²) in [6, 6.07) is 19.6. The molecular weight excluding hydrogens is 889 g/mol. The van der Waals surface area contributed by atoms with E-state index in [0.717, 1.165) is 85.9 Å². The number of rotatable bonds is 12. The van der Waals surface area contributed by atoms with Crippen molar-refractivity contribution in [2.24, 2.45) is 23.5 Å². The van der Waals surface area contributed by atoms with Crippen molar-refractivity contribution >= 4 is 58.3 Å². The van der Waals surface area contributed by atoms with Gasteiger partial charge in [0, 0.05) is 91.9 Å². The molecule has 0 spiro atoms. The lowest BCUT2D eigenvalue weighted by atomic mass is 10.0. The third-order valence-electron chi connectivity index (χ3n) is 10.6. The largest absolute Gasteiger partial charge is 0.477 e. The van der Waals surface area contributed by atoms with Crippen LogP contribution in [0.4, 0.5) is 17.6 Å². The Balaban J connectivity index is 0.000000168. The Morgan fingerprint density at radius 3 is 2.00 bits per heavy atom. The molecule has 2 aliphatic rings. The number of anilines is 3. The van der Waals surface area contributed by atoms with Crippen LogP contribution in [0.25, 0.3) is 22.5 Å². The van der Waals surface area contributed by atoms with Gasteiger partial charge in [-0.15, -0.1) is 22.7 Å². The van der Waals surface area contributed by atoms with Gasteiger partial charge in [-0.3, -0.25) is 14.5 Å². The fraction of sp³-hybridized carbons (Fsp3) is 0.250. The number of nitrogens with one attached hydrogen (secondary N) is 3. The SMILES string of the molecule is CN=CC(=CN)Nc1nccc(-c2ccc(CN)c(C)c2)n1.Cc1cc(-c2ccnc(Nc3cnn(C)c3)n2)ccc1CNC(=O)c1cc2c(s1)CCOC2.O=C(O)c1cc2c(s1)CCOC2. The molecule has 2 aliphatic heterocycles. The number of aromatic carboxylic acids is 1. The Hall–Kier alpha value is -7.16. The lowest BCUT2D eigenvalue weighted by Crippen LogP contribution is -2.22. The highest BCUT2D eigenvalue weighted by Crippen LogP contribution is 2.29. The average Bonchev–Trinajstić information content (AvgIpc) is 4.10. The van der Waals surface area contributed by atoms with Crippen LogP contribution in [-0.2, 0) is 55.7 Å². The normalized spacial score (nSPS) is 13.1. The second-order valence-electron chi connectivity index (χ2n) is 15.4. The van der Waals surface area contributed by atoms with Gasteiger partial charge in [0.25, 0.3) is 5.91 Å². The summed E-state index contributed by atoms with van der Waals surface area (Å²) in [5.74, 6) is 0.0994. The van der Waals surface area contributed by atoms with Gasteiger partial charge in [0.2, 0.25) is 11.9 Å². The number of carbonyl (C=O) groups is 2. The van der Waals surface area contributed by atoms with Gasteiger partial charge < -0.3 is 42.0 Å². The number of aliphatic imine (C=N–C) groups is 1. The molecule has 346 valence electrons. The summed E-state index contributed by atoms with van der Waals surface area (Å²) in [5.41, 5.74) is 23.0. The molecule has 67 heavy (non-hydrogen) atoms. The van der Waals surface area contributed by atoms with Crippen LogP contribution < -0.4 is 27.4 Å². The van der Waals surface area contributed by atoms with Crippen molar-refractivity contribution in [3.8, 4) is 22.5 Å². The van der Waals surface area contributed by atoms with Gasteiger partial charge >= 0.3 is 5.97 Å². The predicted octanol–water partition coefficient (Wildman–Crippen LogP) is 7.34. The minimum absolute atomic E-state index is 0.0419. The lowest BCUT2D eigenvalue weighted by Gasteiger charge is -2.10. The molecule has 0 saturated heterocycles.